The van der Waals surface area contributed by atoms with E-state index in [2.05, 4.69) is 9.97 Å². The van der Waals surface area contributed by atoms with Crippen molar-refractivity contribution in [2.24, 2.45) is 11.5 Å². The summed E-state index contributed by atoms with van der Waals surface area (Å²) in [4.78, 5) is 32.5. The molecule has 0 saturated carbocycles. The van der Waals surface area contributed by atoms with E-state index in [1.807, 2.05) is 9.13 Å². The minimum absolute atomic E-state index is 0.291. The maximum atomic E-state index is 11.8. The number of anilines is 2. The van der Waals surface area contributed by atoms with E-state index in [1.54, 1.807) is 24.3 Å². The summed E-state index contributed by atoms with van der Waals surface area (Å²) >= 11 is 0. The van der Waals surface area contributed by atoms with Gasteiger partial charge in [0.15, 0.2) is 0 Å². The molecule has 1 aliphatic heterocycles. The summed E-state index contributed by atoms with van der Waals surface area (Å²) < 4.78 is 15.8. The molecule has 0 aliphatic carbocycles. The lowest BCUT2D eigenvalue weighted by atomic mass is 10.1. The van der Waals surface area contributed by atoms with Crippen LogP contribution in [0.1, 0.15) is 40.0 Å². The molecule has 2 amide bonds. The number of primary amides is 2. The van der Waals surface area contributed by atoms with E-state index in [9.17, 15) is 9.59 Å². The lowest BCUT2D eigenvalue weighted by Crippen LogP contribution is -2.13. The predicted molar refractivity (Wildman–Crippen MR) is 130 cm³/mol. The first-order valence-corrected chi connectivity index (χ1v) is 11.3. The summed E-state index contributed by atoms with van der Waals surface area (Å²) in [6, 6.07) is 6.45. The largest absolute Gasteiger partial charge is 0.491 e. The van der Waals surface area contributed by atoms with Crippen molar-refractivity contribution in [1.82, 2.24) is 19.1 Å². The molecule has 0 spiro atoms. The van der Waals surface area contributed by atoms with Crippen LogP contribution in [0, 0.1) is 0 Å². The number of benzene rings is 2. The Morgan fingerprint density at radius 3 is 1.54 bits per heavy atom. The molecule has 12 heteroatoms. The first kappa shape index (κ1) is 22.3. The fourth-order valence-electron chi connectivity index (χ4n) is 4.42. The Kier molecular flexibility index (Phi) is 5.55. The summed E-state index contributed by atoms with van der Waals surface area (Å²) in [6.45, 7) is 1.75. The van der Waals surface area contributed by atoms with Gasteiger partial charge in [-0.15, -0.1) is 0 Å². The van der Waals surface area contributed by atoms with Crippen molar-refractivity contribution in [3.05, 3.63) is 35.4 Å². The number of carbonyl (C=O) groups is 2. The van der Waals surface area contributed by atoms with Gasteiger partial charge in [0.25, 0.3) is 0 Å². The zero-order valence-corrected chi connectivity index (χ0v) is 19.0. The lowest BCUT2D eigenvalue weighted by molar-refractivity contribution is 0.0991. The number of aryl methyl sites for hydroxylation is 2. The molecule has 1 aliphatic rings. The van der Waals surface area contributed by atoms with Crippen LogP contribution in [0.2, 0.25) is 0 Å². The van der Waals surface area contributed by atoms with Crippen molar-refractivity contribution >= 4 is 45.8 Å². The Hall–Kier alpha value is -4.48. The molecule has 12 nitrogen and oxygen atoms in total. The number of ether oxygens (including phenoxy) is 2. The van der Waals surface area contributed by atoms with Crippen molar-refractivity contribution in [1.29, 1.82) is 0 Å². The first-order valence-electron chi connectivity index (χ1n) is 11.3. The summed E-state index contributed by atoms with van der Waals surface area (Å²) in [5.74, 6) is 0.457. The number of hydrogen-bond acceptors (Lipinski definition) is 8. The van der Waals surface area contributed by atoms with Gasteiger partial charge in [-0.2, -0.15) is 0 Å². The minimum atomic E-state index is -0.578. The highest BCUT2D eigenvalue weighted by atomic mass is 16.5. The molecule has 2 aromatic carbocycles. The van der Waals surface area contributed by atoms with Crippen LogP contribution >= 0.6 is 0 Å². The third-order valence-corrected chi connectivity index (χ3v) is 6.06. The molecule has 0 unspecified atom stereocenters. The van der Waals surface area contributed by atoms with Crippen molar-refractivity contribution in [2.75, 3.05) is 24.7 Å². The van der Waals surface area contributed by atoms with Gasteiger partial charge < -0.3 is 41.5 Å². The lowest BCUT2D eigenvalue weighted by Gasteiger charge is -2.13. The number of nitrogens with zero attached hydrogens (tertiary/aromatic N) is 4. The van der Waals surface area contributed by atoms with E-state index in [0.717, 1.165) is 12.8 Å². The van der Waals surface area contributed by atoms with Gasteiger partial charge in [-0.05, 0) is 37.1 Å². The number of nitrogen functional groups attached to an aromatic ring is 2. The molecule has 0 atom stereocenters. The van der Waals surface area contributed by atoms with Crippen molar-refractivity contribution in [3.63, 3.8) is 0 Å². The van der Waals surface area contributed by atoms with Crippen LogP contribution in [0.15, 0.2) is 24.3 Å². The van der Waals surface area contributed by atoms with E-state index in [4.69, 9.17) is 32.4 Å². The molecule has 4 aromatic rings. The van der Waals surface area contributed by atoms with Gasteiger partial charge in [0, 0.05) is 30.6 Å². The number of amides is 2. The van der Waals surface area contributed by atoms with Crippen LogP contribution in [0.3, 0.4) is 0 Å². The Morgan fingerprint density at radius 1 is 0.714 bits per heavy atom. The van der Waals surface area contributed by atoms with Crippen molar-refractivity contribution in [3.8, 4) is 11.5 Å². The number of rotatable bonds is 2. The molecular formula is C23H26N8O4. The monoisotopic (exact) mass is 478 g/mol. The van der Waals surface area contributed by atoms with Crippen LogP contribution < -0.4 is 32.4 Å². The van der Waals surface area contributed by atoms with E-state index in [-0.39, 0.29) is 0 Å². The molecule has 0 bridgehead atoms. The maximum Gasteiger partial charge on any atom is 0.248 e. The highest BCUT2D eigenvalue weighted by Crippen LogP contribution is 2.32. The third kappa shape index (κ3) is 4.03. The number of hydrogen-bond donors (Lipinski definition) is 4. The molecule has 0 saturated heterocycles. The highest BCUT2D eigenvalue weighted by Gasteiger charge is 2.19. The Balaban J connectivity index is 1.53. The predicted octanol–water partition coefficient (Wildman–Crippen LogP) is 1.39. The number of carbonyl (C=O) groups excluding carboxylic acids is 2. The molecule has 3 heterocycles. The Bertz CT molecular complexity index is 1360. The molecule has 2 aromatic heterocycles. The quantitative estimate of drug-likeness (QED) is 0.332. The van der Waals surface area contributed by atoms with Gasteiger partial charge in [-0.3, -0.25) is 9.59 Å². The minimum Gasteiger partial charge on any atom is -0.491 e. The first-order chi connectivity index (χ1) is 16.8. The Labute approximate surface area is 199 Å². The van der Waals surface area contributed by atoms with Crippen LogP contribution in [0.4, 0.5) is 11.9 Å². The van der Waals surface area contributed by atoms with Gasteiger partial charge in [-0.1, -0.05) is 0 Å². The molecular weight excluding hydrogens is 452 g/mol. The van der Waals surface area contributed by atoms with Crippen molar-refractivity contribution in [2.45, 2.75) is 32.4 Å². The second-order valence-corrected chi connectivity index (χ2v) is 8.41. The van der Waals surface area contributed by atoms with E-state index in [1.165, 1.54) is 0 Å². The number of imidazole rings is 2. The maximum absolute atomic E-state index is 11.8. The fraction of sp³-hybridized carbons (Fsp3) is 0.304. The van der Waals surface area contributed by atoms with Crippen LogP contribution in [0.25, 0.3) is 22.1 Å². The van der Waals surface area contributed by atoms with Gasteiger partial charge in [0.05, 0.1) is 24.2 Å². The van der Waals surface area contributed by atoms with Crippen LogP contribution in [0.5, 0.6) is 11.5 Å². The Morgan fingerprint density at radius 2 is 1.14 bits per heavy atom. The molecule has 35 heavy (non-hydrogen) atoms. The van der Waals surface area contributed by atoms with Crippen molar-refractivity contribution < 1.29 is 19.1 Å². The fourth-order valence-corrected chi connectivity index (χ4v) is 4.42. The molecule has 5 rings (SSSR count). The second-order valence-electron chi connectivity index (χ2n) is 8.41. The smallest absolute Gasteiger partial charge is 0.248 e. The normalized spacial score (nSPS) is 14.6. The third-order valence-electron chi connectivity index (χ3n) is 6.06. The van der Waals surface area contributed by atoms with Gasteiger partial charge in [0.1, 0.15) is 22.5 Å². The van der Waals surface area contributed by atoms with Crippen LogP contribution in [-0.2, 0) is 13.1 Å². The van der Waals surface area contributed by atoms with E-state index < -0.39 is 11.8 Å². The SMILES string of the molecule is NC(=O)c1cc2c3c(c1)nc(N)n3CCCCn1c(N)nc3cc(C(N)=O)cc(c31)OCCCO2. The highest BCUT2D eigenvalue weighted by molar-refractivity contribution is 5.99. The second kappa shape index (κ2) is 8.70. The topological polar surface area (TPSA) is 192 Å². The summed E-state index contributed by atoms with van der Waals surface area (Å²) in [7, 11) is 0. The summed E-state index contributed by atoms with van der Waals surface area (Å²) in [5.41, 5.74) is 26.5. The van der Waals surface area contributed by atoms with E-state index in [0.29, 0.717) is 89.3 Å². The van der Waals surface area contributed by atoms with E-state index >= 15 is 0 Å². The molecule has 8 N–H and O–H groups in total. The van der Waals surface area contributed by atoms with Gasteiger partial charge >= 0.3 is 0 Å². The van der Waals surface area contributed by atoms with Crippen LogP contribution in [-0.4, -0.2) is 44.1 Å². The average molecular weight is 479 g/mol. The number of nitrogens with two attached hydrogens (primary N) is 4. The van der Waals surface area contributed by atoms with Gasteiger partial charge in [0.2, 0.25) is 23.7 Å². The zero-order valence-electron chi connectivity index (χ0n) is 19.0. The molecule has 0 radical (unpaired) electrons. The summed E-state index contributed by atoms with van der Waals surface area (Å²) in [5, 5.41) is 0. The molecule has 0 fully saturated rings. The summed E-state index contributed by atoms with van der Waals surface area (Å²) in [6.07, 6.45) is 2.01. The standard InChI is InChI=1S/C23H26N8O4/c24-20(32)12-8-14-18-16(10-12)34-6-3-7-35-17-11-13(21(25)33)9-15-19(17)31(23(27)29-15)5-2-1-4-30(18)22(26)28-14/h8-11H,1-7H2,(H2,24,32)(H2,25,33)(H2,26,28)(H2,27,29). The average Bonchev–Trinajstić information content (AvgIpc) is 3.30. The molecule has 182 valence electrons. The number of aromatic nitrogens is 4. The zero-order chi connectivity index (χ0) is 24.7. The van der Waals surface area contributed by atoms with Gasteiger partial charge in [-0.25, -0.2) is 9.97 Å².